The Morgan fingerprint density at radius 2 is 2.00 bits per heavy atom. The van der Waals surface area contributed by atoms with E-state index in [0.29, 0.717) is 0 Å². The van der Waals surface area contributed by atoms with E-state index in [9.17, 15) is 4.39 Å². The molecule has 2 aromatic carbocycles. The molecule has 5 heteroatoms. The second kappa shape index (κ2) is 7.91. The number of aromatic nitrogens is 1. The Morgan fingerprint density at radius 3 is 2.88 bits per heavy atom. The summed E-state index contributed by atoms with van der Waals surface area (Å²) >= 11 is 0. The molecule has 4 rings (SSSR count). The highest BCUT2D eigenvalue weighted by Crippen LogP contribution is 2.25. The molecule has 1 saturated heterocycles. The summed E-state index contributed by atoms with van der Waals surface area (Å²) < 4.78 is 13.6. The third-order valence-corrected chi connectivity index (χ3v) is 4.62. The fourth-order valence-electron chi connectivity index (χ4n) is 3.42. The number of hydrogen-bond acceptors (Lipinski definition) is 3. The molecule has 1 aliphatic heterocycles. The normalized spacial score (nSPS) is 18.0. The molecule has 0 spiro atoms. The van der Waals surface area contributed by atoms with Crippen LogP contribution in [0.4, 0.5) is 4.39 Å². The van der Waals surface area contributed by atoms with E-state index in [1.807, 2.05) is 30.5 Å². The molecule has 1 aromatic heterocycles. The molecule has 1 fully saturated rings. The minimum absolute atomic E-state index is 0. The molecule has 1 N–H and O–H groups in total. The smallest absolute Gasteiger partial charge is 0.123 e. The number of halogens is 2. The number of para-hydroxylation sites is 1. The Bertz CT molecular complexity index is 855. The van der Waals surface area contributed by atoms with Crippen LogP contribution in [0.25, 0.3) is 10.9 Å². The van der Waals surface area contributed by atoms with Gasteiger partial charge in [-0.25, -0.2) is 4.39 Å². The van der Waals surface area contributed by atoms with Crippen molar-refractivity contribution < 1.29 is 4.39 Å². The van der Waals surface area contributed by atoms with Gasteiger partial charge < -0.3 is 5.32 Å². The number of fused-ring (bicyclic) bond motifs is 1. The van der Waals surface area contributed by atoms with Crippen molar-refractivity contribution in [1.82, 2.24) is 15.2 Å². The van der Waals surface area contributed by atoms with Gasteiger partial charge in [-0.15, -0.1) is 12.4 Å². The van der Waals surface area contributed by atoms with Crippen LogP contribution in [-0.4, -0.2) is 29.5 Å². The minimum atomic E-state index is -0.176. The maximum atomic E-state index is 13.6. The summed E-state index contributed by atoms with van der Waals surface area (Å²) in [5.41, 5.74) is 3.23. The van der Waals surface area contributed by atoms with Gasteiger partial charge in [0.05, 0.1) is 5.52 Å². The number of pyridine rings is 1. The van der Waals surface area contributed by atoms with E-state index in [0.717, 1.165) is 42.6 Å². The summed E-state index contributed by atoms with van der Waals surface area (Å²) in [6.07, 6.45) is 1.95. The lowest BCUT2D eigenvalue weighted by molar-refractivity contribution is 0.153. The van der Waals surface area contributed by atoms with Crippen molar-refractivity contribution >= 4 is 23.3 Å². The Morgan fingerprint density at radius 1 is 1.12 bits per heavy atom. The number of piperazine rings is 1. The molecule has 3 nitrogen and oxygen atoms in total. The molecule has 1 aliphatic rings. The van der Waals surface area contributed by atoms with Gasteiger partial charge in [0.1, 0.15) is 5.82 Å². The first-order chi connectivity index (χ1) is 11.8. The largest absolute Gasteiger partial charge is 0.314 e. The van der Waals surface area contributed by atoms with Crippen molar-refractivity contribution in [3.63, 3.8) is 0 Å². The molecule has 25 heavy (non-hydrogen) atoms. The fraction of sp³-hybridized carbons (Fsp3) is 0.250. The zero-order chi connectivity index (χ0) is 16.4. The van der Waals surface area contributed by atoms with Crippen LogP contribution in [0.2, 0.25) is 0 Å². The van der Waals surface area contributed by atoms with Gasteiger partial charge in [-0.05, 0) is 35.4 Å². The molecule has 0 radical (unpaired) electrons. The van der Waals surface area contributed by atoms with Gasteiger partial charge in [-0.3, -0.25) is 9.88 Å². The van der Waals surface area contributed by atoms with E-state index < -0.39 is 0 Å². The van der Waals surface area contributed by atoms with E-state index in [4.69, 9.17) is 0 Å². The SMILES string of the molecule is Cl.Fc1cccc(C2CNCCN2Cc2cnc3ccccc3c2)c1. The zero-order valence-corrected chi connectivity index (χ0v) is 14.7. The molecule has 3 aromatic rings. The third-order valence-electron chi connectivity index (χ3n) is 4.62. The second-order valence-corrected chi connectivity index (χ2v) is 6.28. The van der Waals surface area contributed by atoms with Crippen LogP contribution in [0, 0.1) is 5.82 Å². The van der Waals surface area contributed by atoms with Crippen molar-refractivity contribution in [3.8, 4) is 0 Å². The van der Waals surface area contributed by atoms with Crippen molar-refractivity contribution in [2.24, 2.45) is 0 Å². The zero-order valence-electron chi connectivity index (χ0n) is 13.9. The van der Waals surface area contributed by atoms with E-state index in [1.165, 1.54) is 11.6 Å². The lowest BCUT2D eigenvalue weighted by atomic mass is 10.0. The van der Waals surface area contributed by atoms with Gasteiger partial charge in [0.25, 0.3) is 0 Å². The van der Waals surface area contributed by atoms with Crippen molar-refractivity contribution in [1.29, 1.82) is 0 Å². The topological polar surface area (TPSA) is 28.2 Å². The van der Waals surface area contributed by atoms with Gasteiger partial charge in [-0.1, -0.05) is 30.3 Å². The average molecular weight is 358 g/mol. The second-order valence-electron chi connectivity index (χ2n) is 6.28. The molecule has 0 aliphatic carbocycles. The Balaban J connectivity index is 0.00000182. The van der Waals surface area contributed by atoms with Crippen LogP contribution in [0.1, 0.15) is 17.2 Å². The minimum Gasteiger partial charge on any atom is -0.314 e. The molecule has 130 valence electrons. The summed E-state index contributed by atoms with van der Waals surface area (Å²) in [4.78, 5) is 6.96. The molecular formula is C20H21ClFN3. The van der Waals surface area contributed by atoms with Crippen molar-refractivity contribution in [3.05, 3.63) is 77.7 Å². The molecule has 2 heterocycles. The van der Waals surface area contributed by atoms with E-state index >= 15 is 0 Å². The highest BCUT2D eigenvalue weighted by atomic mass is 35.5. The van der Waals surface area contributed by atoms with E-state index in [2.05, 4.69) is 27.3 Å². The van der Waals surface area contributed by atoms with Crippen molar-refractivity contribution in [2.75, 3.05) is 19.6 Å². The molecule has 0 bridgehead atoms. The number of nitrogens with one attached hydrogen (secondary N) is 1. The van der Waals surface area contributed by atoms with Gasteiger partial charge >= 0.3 is 0 Å². The van der Waals surface area contributed by atoms with Gasteiger partial charge in [-0.2, -0.15) is 0 Å². The number of nitrogens with zero attached hydrogens (tertiary/aromatic N) is 2. The summed E-state index contributed by atoms with van der Waals surface area (Å²) in [6.45, 7) is 3.55. The Labute approximate surface area is 153 Å². The number of hydrogen-bond donors (Lipinski definition) is 1. The summed E-state index contributed by atoms with van der Waals surface area (Å²) in [5, 5.41) is 4.58. The Kier molecular flexibility index (Phi) is 5.63. The highest BCUT2D eigenvalue weighted by Gasteiger charge is 2.24. The van der Waals surface area contributed by atoms with Crippen LogP contribution < -0.4 is 5.32 Å². The maximum absolute atomic E-state index is 13.6. The van der Waals surface area contributed by atoms with Gasteiger partial charge in [0, 0.05) is 43.8 Å². The third kappa shape index (κ3) is 3.98. The van der Waals surface area contributed by atoms with Crippen LogP contribution in [-0.2, 0) is 6.54 Å². The van der Waals surface area contributed by atoms with Crippen LogP contribution in [0.15, 0.2) is 60.8 Å². The molecule has 1 unspecified atom stereocenters. The summed E-state index contributed by atoms with van der Waals surface area (Å²) in [7, 11) is 0. The van der Waals surface area contributed by atoms with Gasteiger partial charge in [0.2, 0.25) is 0 Å². The first kappa shape index (κ1) is 17.8. The van der Waals surface area contributed by atoms with Crippen LogP contribution in [0.5, 0.6) is 0 Å². The molecular weight excluding hydrogens is 337 g/mol. The standard InChI is InChI=1S/C20H20FN3.ClH/c21-18-6-3-5-17(11-18)20-13-22-8-9-24(20)14-15-10-16-4-1-2-7-19(16)23-12-15;/h1-7,10-12,20,22H,8-9,13-14H2;1H. The molecule has 1 atom stereocenters. The fourth-order valence-corrected chi connectivity index (χ4v) is 3.42. The van der Waals surface area contributed by atoms with Crippen molar-refractivity contribution in [2.45, 2.75) is 12.6 Å². The predicted octanol–water partition coefficient (Wildman–Crippen LogP) is 3.94. The lowest BCUT2D eigenvalue weighted by Crippen LogP contribution is -2.45. The van der Waals surface area contributed by atoms with E-state index in [-0.39, 0.29) is 24.3 Å². The predicted molar refractivity (Wildman–Crippen MR) is 101 cm³/mol. The van der Waals surface area contributed by atoms with E-state index in [1.54, 1.807) is 12.1 Å². The summed E-state index contributed by atoms with van der Waals surface area (Å²) in [6, 6.07) is 17.5. The maximum Gasteiger partial charge on any atom is 0.123 e. The van der Waals surface area contributed by atoms with Gasteiger partial charge in [0.15, 0.2) is 0 Å². The Hall–Kier alpha value is -2.01. The first-order valence-electron chi connectivity index (χ1n) is 8.33. The number of rotatable bonds is 3. The first-order valence-corrected chi connectivity index (χ1v) is 8.33. The van der Waals surface area contributed by atoms with Crippen LogP contribution in [0.3, 0.4) is 0 Å². The quantitative estimate of drug-likeness (QED) is 0.769. The monoisotopic (exact) mass is 357 g/mol. The summed E-state index contributed by atoms with van der Waals surface area (Å²) in [5.74, 6) is -0.176. The molecule has 0 amide bonds. The highest BCUT2D eigenvalue weighted by molar-refractivity contribution is 5.85. The van der Waals surface area contributed by atoms with Crippen LogP contribution >= 0.6 is 12.4 Å². The lowest BCUT2D eigenvalue weighted by Gasteiger charge is -2.36. The average Bonchev–Trinajstić information content (AvgIpc) is 2.62. The molecule has 0 saturated carbocycles. The number of benzene rings is 2.